The molecule has 2 rings (SSSR count). The summed E-state index contributed by atoms with van der Waals surface area (Å²) in [6, 6.07) is 1.89. The fourth-order valence-electron chi connectivity index (χ4n) is 1.54. The lowest BCUT2D eigenvalue weighted by atomic mass is 10.1. The number of pyridine rings is 1. The van der Waals surface area contributed by atoms with E-state index in [9.17, 15) is 0 Å². The van der Waals surface area contributed by atoms with Crippen LogP contribution in [-0.2, 0) is 0 Å². The topological polar surface area (TPSA) is 73.9 Å². The van der Waals surface area contributed by atoms with Gasteiger partial charge in [0.25, 0.3) is 0 Å². The van der Waals surface area contributed by atoms with Gasteiger partial charge in [-0.15, -0.1) is 0 Å². The van der Waals surface area contributed by atoms with Crippen molar-refractivity contribution in [3.8, 4) is 17.0 Å². The number of hydrogen-bond acceptors (Lipinski definition) is 5. The van der Waals surface area contributed by atoms with Crippen molar-refractivity contribution >= 4 is 5.95 Å². The summed E-state index contributed by atoms with van der Waals surface area (Å²) >= 11 is 0. The summed E-state index contributed by atoms with van der Waals surface area (Å²) in [5.41, 5.74) is 8.20. The monoisotopic (exact) mass is 230 g/mol. The van der Waals surface area contributed by atoms with Crippen LogP contribution in [0.2, 0.25) is 0 Å². The predicted molar refractivity (Wildman–Crippen MR) is 65.6 cm³/mol. The third kappa shape index (κ3) is 2.50. The highest BCUT2D eigenvalue weighted by molar-refractivity contribution is 5.63. The lowest BCUT2D eigenvalue weighted by molar-refractivity contribution is 0.339. The molecule has 0 aliphatic heterocycles. The summed E-state index contributed by atoms with van der Waals surface area (Å²) in [4.78, 5) is 12.3. The van der Waals surface area contributed by atoms with Gasteiger partial charge in [-0.1, -0.05) is 0 Å². The standard InChI is InChI=1S/C12H14N4O/c1-3-17-10-4-9(6-14-7-10)11-8(2)5-15-12(13)16-11/h4-7H,3H2,1-2H3,(H2,13,15,16). The summed E-state index contributed by atoms with van der Waals surface area (Å²) < 4.78 is 5.40. The maximum Gasteiger partial charge on any atom is 0.220 e. The summed E-state index contributed by atoms with van der Waals surface area (Å²) in [5.74, 6) is 0.981. The van der Waals surface area contributed by atoms with Crippen LogP contribution in [0, 0.1) is 6.92 Å². The van der Waals surface area contributed by atoms with Crippen molar-refractivity contribution < 1.29 is 4.74 Å². The maximum absolute atomic E-state index is 5.59. The fraction of sp³-hybridized carbons (Fsp3) is 0.250. The molecule has 2 heterocycles. The number of aryl methyl sites for hydroxylation is 1. The minimum Gasteiger partial charge on any atom is -0.492 e. The average molecular weight is 230 g/mol. The Hall–Kier alpha value is -2.17. The van der Waals surface area contributed by atoms with Gasteiger partial charge < -0.3 is 10.5 Å². The Morgan fingerprint density at radius 3 is 2.88 bits per heavy atom. The van der Waals surface area contributed by atoms with Crippen LogP contribution in [0.5, 0.6) is 5.75 Å². The van der Waals surface area contributed by atoms with Crippen molar-refractivity contribution in [3.63, 3.8) is 0 Å². The third-order valence-electron chi connectivity index (χ3n) is 2.29. The van der Waals surface area contributed by atoms with Gasteiger partial charge in [-0.05, 0) is 25.5 Å². The minimum atomic E-state index is 0.257. The van der Waals surface area contributed by atoms with Gasteiger partial charge in [-0.3, -0.25) is 4.98 Å². The molecule has 0 radical (unpaired) electrons. The maximum atomic E-state index is 5.59. The van der Waals surface area contributed by atoms with Gasteiger partial charge in [0.05, 0.1) is 18.5 Å². The zero-order chi connectivity index (χ0) is 12.3. The number of anilines is 1. The Bertz CT molecular complexity index is 528. The molecule has 5 nitrogen and oxygen atoms in total. The summed E-state index contributed by atoms with van der Waals surface area (Å²) in [5, 5.41) is 0. The van der Waals surface area contributed by atoms with Crippen LogP contribution in [0.25, 0.3) is 11.3 Å². The molecule has 2 aromatic rings. The predicted octanol–water partition coefficient (Wildman–Crippen LogP) is 1.83. The number of hydrogen-bond donors (Lipinski definition) is 1. The molecule has 5 heteroatoms. The molecule has 2 N–H and O–H groups in total. The largest absolute Gasteiger partial charge is 0.492 e. The quantitative estimate of drug-likeness (QED) is 0.870. The van der Waals surface area contributed by atoms with E-state index in [1.54, 1.807) is 18.6 Å². The first kappa shape index (κ1) is 11.3. The molecule has 0 unspecified atom stereocenters. The average Bonchev–Trinajstić information content (AvgIpc) is 2.33. The van der Waals surface area contributed by atoms with Gasteiger partial charge in [-0.25, -0.2) is 9.97 Å². The van der Waals surface area contributed by atoms with Crippen molar-refractivity contribution in [3.05, 3.63) is 30.2 Å². The minimum absolute atomic E-state index is 0.257. The molecule has 88 valence electrons. The lowest BCUT2D eigenvalue weighted by Crippen LogP contribution is -1.99. The van der Waals surface area contributed by atoms with Crippen LogP contribution in [0.1, 0.15) is 12.5 Å². The van der Waals surface area contributed by atoms with Gasteiger partial charge in [0.1, 0.15) is 5.75 Å². The normalized spacial score (nSPS) is 10.2. The van der Waals surface area contributed by atoms with E-state index in [1.807, 2.05) is 19.9 Å². The number of nitrogens with zero attached hydrogens (tertiary/aromatic N) is 3. The van der Waals surface area contributed by atoms with Crippen molar-refractivity contribution in [2.24, 2.45) is 0 Å². The summed E-state index contributed by atoms with van der Waals surface area (Å²) in [6.45, 7) is 4.47. The molecular weight excluding hydrogens is 216 g/mol. The SMILES string of the molecule is CCOc1cncc(-c2nc(N)ncc2C)c1. The van der Waals surface area contributed by atoms with E-state index in [0.717, 1.165) is 22.6 Å². The summed E-state index contributed by atoms with van der Waals surface area (Å²) in [6.07, 6.45) is 5.11. The van der Waals surface area contributed by atoms with Gasteiger partial charge in [-0.2, -0.15) is 0 Å². The van der Waals surface area contributed by atoms with E-state index < -0.39 is 0 Å². The lowest BCUT2D eigenvalue weighted by Gasteiger charge is -2.07. The molecule has 0 amide bonds. The van der Waals surface area contributed by atoms with E-state index >= 15 is 0 Å². The molecule has 0 spiro atoms. The number of nitrogens with two attached hydrogens (primary N) is 1. The number of rotatable bonds is 3. The number of aromatic nitrogens is 3. The highest BCUT2D eigenvalue weighted by Gasteiger charge is 2.06. The smallest absolute Gasteiger partial charge is 0.220 e. The highest BCUT2D eigenvalue weighted by Crippen LogP contribution is 2.23. The van der Waals surface area contributed by atoms with E-state index in [4.69, 9.17) is 10.5 Å². The molecular formula is C12H14N4O. The first-order valence-corrected chi connectivity index (χ1v) is 5.38. The second-order valence-corrected chi connectivity index (χ2v) is 3.60. The molecule has 0 saturated heterocycles. The zero-order valence-electron chi connectivity index (χ0n) is 9.84. The van der Waals surface area contributed by atoms with Crippen LogP contribution < -0.4 is 10.5 Å². The summed E-state index contributed by atoms with van der Waals surface area (Å²) in [7, 11) is 0. The number of ether oxygens (including phenoxy) is 1. The van der Waals surface area contributed by atoms with Crippen molar-refractivity contribution in [1.82, 2.24) is 15.0 Å². The van der Waals surface area contributed by atoms with Crippen LogP contribution in [0.3, 0.4) is 0 Å². The molecule has 0 aliphatic rings. The van der Waals surface area contributed by atoms with Gasteiger partial charge >= 0.3 is 0 Å². The Morgan fingerprint density at radius 1 is 1.29 bits per heavy atom. The third-order valence-corrected chi connectivity index (χ3v) is 2.29. The second-order valence-electron chi connectivity index (χ2n) is 3.60. The van der Waals surface area contributed by atoms with Crippen LogP contribution in [0.4, 0.5) is 5.95 Å². The van der Waals surface area contributed by atoms with Crippen molar-refractivity contribution in [2.75, 3.05) is 12.3 Å². The molecule has 2 aromatic heterocycles. The first-order chi connectivity index (χ1) is 8.20. The fourth-order valence-corrected chi connectivity index (χ4v) is 1.54. The Kier molecular flexibility index (Phi) is 3.18. The van der Waals surface area contributed by atoms with Gasteiger partial charge in [0.15, 0.2) is 0 Å². The second kappa shape index (κ2) is 4.78. The Labute approximate surface area is 99.7 Å². The van der Waals surface area contributed by atoms with E-state index in [-0.39, 0.29) is 5.95 Å². The van der Waals surface area contributed by atoms with Gasteiger partial charge in [0.2, 0.25) is 5.95 Å². The Balaban J connectivity index is 2.45. The molecule has 0 aliphatic carbocycles. The van der Waals surface area contributed by atoms with E-state index in [0.29, 0.717) is 6.61 Å². The first-order valence-electron chi connectivity index (χ1n) is 5.38. The highest BCUT2D eigenvalue weighted by atomic mass is 16.5. The molecule has 0 aromatic carbocycles. The van der Waals surface area contributed by atoms with Crippen LogP contribution >= 0.6 is 0 Å². The molecule has 0 saturated carbocycles. The van der Waals surface area contributed by atoms with Crippen molar-refractivity contribution in [1.29, 1.82) is 0 Å². The van der Waals surface area contributed by atoms with Gasteiger partial charge in [0, 0.05) is 18.0 Å². The molecule has 0 atom stereocenters. The molecule has 0 bridgehead atoms. The molecule has 17 heavy (non-hydrogen) atoms. The van der Waals surface area contributed by atoms with Crippen LogP contribution in [0.15, 0.2) is 24.7 Å². The Morgan fingerprint density at radius 2 is 2.12 bits per heavy atom. The molecule has 0 fully saturated rings. The van der Waals surface area contributed by atoms with E-state index in [1.165, 1.54) is 0 Å². The van der Waals surface area contributed by atoms with Crippen molar-refractivity contribution in [2.45, 2.75) is 13.8 Å². The van der Waals surface area contributed by atoms with E-state index in [2.05, 4.69) is 15.0 Å². The zero-order valence-corrected chi connectivity index (χ0v) is 9.84. The number of nitrogen functional groups attached to an aromatic ring is 1. The van der Waals surface area contributed by atoms with Crippen LogP contribution in [-0.4, -0.2) is 21.6 Å².